The molecule has 1 heterocycles. The lowest BCUT2D eigenvalue weighted by Crippen LogP contribution is -2.36. The molecule has 1 N–H and O–H groups in total. The normalized spacial score (nSPS) is 14.4. The van der Waals surface area contributed by atoms with Crippen molar-refractivity contribution in [2.75, 3.05) is 25.6 Å². The first-order valence-electron chi connectivity index (χ1n) is 9.79. The number of hydrogen-bond acceptors (Lipinski definition) is 6. The summed E-state index contributed by atoms with van der Waals surface area (Å²) in [5.41, 5.74) is 3.23. The van der Waals surface area contributed by atoms with Crippen LogP contribution in [0.3, 0.4) is 0 Å². The van der Waals surface area contributed by atoms with E-state index in [1.165, 1.54) is 13.2 Å². The zero-order chi connectivity index (χ0) is 24.1. The molecule has 0 atom stereocenters. The van der Waals surface area contributed by atoms with E-state index < -0.39 is 23.6 Å². The Morgan fingerprint density at radius 3 is 2.67 bits per heavy atom. The highest BCUT2D eigenvalue weighted by atomic mass is 35.5. The Bertz CT molecular complexity index is 1200. The third-order valence-electron chi connectivity index (χ3n) is 4.82. The Labute approximate surface area is 201 Å². The van der Waals surface area contributed by atoms with Crippen LogP contribution >= 0.6 is 23.4 Å². The molecule has 9 heteroatoms. The van der Waals surface area contributed by atoms with Crippen molar-refractivity contribution in [3.8, 4) is 23.8 Å². The number of aryl methyl sites for hydroxylation is 2. The summed E-state index contributed by atoms with van der Waals surface area (Å²) in [4.78, 5) is 38.7. The quantitative estimate of drug-likeness (QED) is 0.454. The molecule has 0 aromatic heterocycles. The average Bonchev–Trinajstić information content (AvgIpc) is 3.02. The summed E-state index contributed by atoms with van der Waals surface area (Å²) in [7, 11) is 1.44. The lowest BCUT2D eigenvalue weighted by molar-refractivity contribution is -0.127. The molecule has 1 aliphatic heterocycles. The van der Waals surface area contributed by atoms with Crippen molar-refractivity contribution in [2.24, 2.45) is 0 Å². The van der Waals surface area contributed by atoms with Gasteiger partial charge in [-0.15, -0.1) is 6.42 Å². The molecule has 33 heavy (non-hydrogen) atoms. The molecule has 0 radical (unpaired) electrons. The smallest absolute Gasteiger partial charge is 0.294 e. The standard InChI is InChI=1S/C24H21ClN2O5S/c1-5-8-32-22-18(25)10-16(11-19(22)31-4)12-20-23(29)27(24(30)33-20)13-21(28)26-17-7-6-14(2)15(3)9-17/h1,6-7,9-12H,8,13H2,2-4H3,(H,26,28)/b20-12-. The third-order valence-corrected chi connectivity index (χ3v) is 6.00. The predicted octanol–water partition coefficient (Wildman–Crippen LogP) is 4.65. The number of amides is 3. The van der Waals surface area contributed by atoms with Gasteiger partial charge in [0.05, 0.1) is 17.0 Å². The number of carbonyl (C=O) groups excluding carboxylic acids is 3. The predicted molar refractivity (Wildman–Crippen MR) is 130 cm³/mol. The van der Waals surface area contributed by atoms with E-state index in [1.807, 2.05) is 26.0 Å². The number of ether oxygens (including phenoxy) is 2. The second-order valence-corrected chi connectivity index (χ2v) is 8.54. The van der Waals surface area contributed by atoms with Crippen LogP contribution in [0.4, 0.5) is 10.5 Å². The van der Waals surface area contributed by atoms with Crippen LogP contribution in [0.1, 0.15) is 16.7 Å². The summed E-state index contributed by atoms with van der Waals surface area (Å²) in [5.74, 6) is 1.92. The number of hydrogen-bond donors (Lipinski definition) is 1. The van der Waals surface area contributed by atoms with E-state index in [0.29, 0.717) is 17.0 Å². The lowest BCUT2D eigenvalue weighted by Gasteiger charge is -2.13. The van der Waals surface area contributed by atoms with Gasteiger partial charge >= 0.3 is 0 Å². The highest BCUT2D eigenvalue weighted by molar-refractivity contribution is 8.18. The summed E-state index contributed by atoms with van der Waals surface area (Å²) in [6.45, 7) is 3.52. The number of methoxy groups -OCH3 is 1. The van der Waals surface area contributed by atoms with Gasteiger partial charge in [-0.3, -0.25) is 19.3 Å². The number of carbonyl (C=O) groups is 3. The number of thioether (sulfide) groups is 1. The van der Waals surface area contributed by atoms with E-state index in [1.54, 1.807) is 18.2 Å². The van der Waals surface area contributed by atoms with E-state index in [2.05, 4.69) is 11.2 Å². The van der Waals surface area contributed by atoms with Gasteiger partial charge in [0.2, 0.25) is 5.91 Å². The molecule has 3 rings (SSSR count). The highest BCUT2D eigenvalue weighted by Gasteiger charge is 2.36. The third kappa shape index (κ3) is 5.69. The highest BCUT2D eigenvalue weighted by Crippen LogP contribution is 2.39. The van der Waals surface area contributed by atoms with Gasteiger partial charge in [-0.2, -0.15) is 0 Å². The number of terminal acetylenes is 1. The summed E-state index contributed by atoms with van der Waals surface area (Å²) < 4.78 is 10.7. The Hall–Kier alpha value is -3.41. The van der Waals surface area contributed by atoms with Crippen molar-refractivity contribution in [1.82, 2.24) is 4.90 Å². The van der Waals surface area contributed by atoms with Crippen LogP contribution in [0.5, 0.6) is 11.5 Å². The van der Waals surface area contributed by atoms with Crippen LogP contribution in [0.2, 0.25) is 5.02 Å². The molecule has 7 nitrogen and oxygen atoms in total. The monoisotopic (exact) mass is 484 g/mol. The molecule has 170 valence electrons. The van der Waals surface area contributed by atoms with Gasteiger partial charge in [-0.05, 0) is 72.6 Å². The van der Waals surface area contributed by atoms with Crippen LogP contribution in [-0.4, -0.2) is 42.2 Å². The molecule has 3 amide bonds. The van der Waals surface area contributed by atoms with Crippen LogP contribution in [-0.2, 0) is 9.59 Å². The summed E-state index contributed by atoms with van der Waals surface area (Å²) in [6, 6.07) is 8.65. The Balaban J connectivity index is 1.75. The summed E-state index contributed by atoms with van der Waals surface area (Å²) in [5, 5.41) is 2.42. The van der Waals surface area contributed by atoms with Crippen LogP contribution in [0.25, 0.3) is 6.08 Å². The largest absolute Gasteiger partial charge is 0.493 e. The fourth-order valence-corrected chi connectivity index (χ4v) is 4.14. The zero-order valence-corrected chi connectivity index (χ0v) is 19.8. The molecular weight excluding hydrogens is 464 g/mol. The molecule has 1 fully saturated rings. The Morgan fingerprint density at radius 1 is 1.24 bits per heavy atom. The van der Waals surface area contributed by atoms with E-state index >= 15 is 0 Å². The molecule has 0 bridgehead atoms. The summed E-state index contributed by atoms with van der Waals surface area (Å²) >= 11 is 7.01. The number of halogens is 1. The molecule has 2 aromatic carbocycles. The SMILES string of the molecule is C#CCOc1c(Cl)cc(/C=C2\SC(=O)N(CC(=O)Nc3ccc(C)c(C)c3)C2=O)cc1OC. The molecular formula is C24H21ClN2O5S. The van der Waals surface area contributed by atoms with Gasteiger partial charge in [0.1, 0.15) is 13.2 Å². The van der Waals surface area contributed by atoms with Gasteiger partial charge in [0.25, 0.3) is 11.1 Å². The topological polar surface area (TPSA) is 84.9 Å². The minimum absolute atomic E-state index is 0.0124. The molecule has 1 aliphatic rings. The van der Waals surface area contributed by atoms with E-state index in [0.717, 1.165) is 27.8 Å². The molecule has 1 saturated heterocycles. The number of anilines is 1. The Kier molecular flexibility index (Phi) is 7.69. The number of nitrogens with one attached hydrogen (secondary N) is 1. The van der Waals surface area contributed by atoms with Gasteiger partial charge < -0.3 is 14.8 Å². The van der Waals surface area contributed by atoms with Crippen molar-refractivity contribution in [3.63, 3.8) is 0 Å². The first kappa shape index (κ1) is 24.2. The van der Waals surface area contributed by atoms with Gasteiger partial charge in [0, 0.05) is 5.69 Å². The van der Waals surface area contributed by atoms with Crippen molar-refractivity contribution in [2.45, 2.75) is 13.8 Å². The first-order chi connectivity index (χ1) is 15.7. The zero-order valence-electron chi connectivity index (χ0n) is 18.2. The van der Waals surface area contributed by atoms with Crippen LogP contribution in [0, 0.1) is 26.2 Å². The molecule has 0 unspecified atom stereocenters. The second-order valence-electron chi connectivity index (χ2n) is 7.14. The summed E-state index contributed by atoms with van der Waals surface area (Å²) in [6.07, 6.45) is 6.72. The van der Waals surface area contributed by atoms with Crippen LogP contribution < -0.4 is 14.8 Å². The molecule has 2 aromatic rings. The fraction of sp³-hybridized carbons (Fsp3) is 0.208. The fourth-order valence-electron chi connectivity index (χ4n) is 3.03. The van der Waals surface area contributed by atoms with E-state index in [4.69, 9.17) is 27.5 Å². The first-order valence-corrected chi connectivity index (χ1v) is 11.0. The van der Waals surface area contributed by atoms with Crippen molar-refractivity contribution in [1.29, 1.82) is 0 Å². The number of imide groups is 1. The minimum Gasteiger partial charge on any atom is -0.493 e. The van der Waals surface area contributed by atoms with E-state index in [9.17, 15) is 14.4 Å². The minimum atomic E-state index is -0.567. The maximum atomic E-state index is 12.8. The molecule has 0 aliphatic carbocycles. The van der Waals surface area contributed by atoms with Gasteiger partial charge in [-0.1, -0.05) is 23.6 Å². The van der Waals surface area contributed by atoms with Crippen LogP contribution in [0.15, 0.2) is 35.2 Å². The maximum absolute atomic E-state index is 12.8. The maximum Gasteiger partial charge on any atom is 0.294 e. The van der Waals surface area contributed by atoms with Crippen molar-refractivity contribution < 1.29 is 23.9 Å². The molecule has 0 saturated carbocycles. The number of benzene rings is 2. The number of nitrogens with zero attached hydrogens (tertiary/aromatic N) is 1. The van der Waals surface area contributed by atoms with Gasteiger partial charge in [-0.25, -0.2) is 0 Å². The Morgan fingerprint density at radius 2 is 2.00 bits per heavy atom. The lowest BCUT2D eigenvalue weighted by atomic mass is 10.1. The van der Waals surface area contributed by atoms with E-state index in [-0.39, 0.29) is 22.3 Å². The van der Waals surface area contributed by atoms with Crippen molar-refractivity contribution >= 4 is 52.2 Å². The average molecular weight is 485 g/mol. The number of rotatable bonds is 7. The van der Waals surface area contributed by atoms with Gasteiger partial charge in [0.15, 0.2) is 11.5 Å². The van der Waals surface area contributed by atoms with Crippen molar-refractivity contribution in [3.05, 3.63) is 56.9 Å². The second kappa shape index (κ2) is 10.5. The molecule has 0 spiro atoms.